The van der Waals surface area contributed by atoms with Crippen molar-refractivity contribution in [2.45, 2.75) is 25.4 Å². The average molecular weight is 342 g/mol. The van der Waals surface area contributed by atoms with Crippen molar-refractivity contribution in [1.29, 1.82) is 0 Å². The highest BCUT2D eigenvalue weighted by atomic mass is 19.4. The summed E-state index contributed by atoms with van der Waals surface area (Å²) in [5.74, 6) is 0.472. The number of nitrogens with one attached hydrogen (secondary N) is 1. The van der Waals surface area contributed by atoms with Crippen molar-refractivity contribution in [3.05, 3.63) is 24.0 Å². The Morgan fingerprint density at radius 2 is 2.00 bits per heavy atom. The third kappa shape index (κ3) is 4.17. The highest BCUT2D eigenvalue weighted by Gasteiger charge is 2.32. The smallest absolute Gasteiger partial charge is 0.324 e. The first-order valence-electron chi connectivity index (χ1n) is 8.23. The summed E-state index contributed by atoms with van der Waals surface area (Å²) in [7, 11) is 0. The molecule has 1 N–H and O–H groups in total. The number of rotatable bonds is 3. The molecule has 5 nitrogen and oxygen atoms in total. The average Bonchev–Trinajstić information content (AvgIpc) is 3.19. The van der Waals surface area contributed by atoms with E-state index in [0.717, 1.165) is 38.3 Å². The number of carbonyl (C=O) groups excluding carboxylic acids is 1. The molecule has 1 aromatic heterocycles. The van der Waals surface area contributed by atoms with Crippen molar-refractivity contribution >= 4 is 11.7 Å². The number of amides is 2. The molecule has 0 saturated carbocycles. The van der Waals surface area contributed by atoms with Crippen LogP contribution in [0.4, 0.5) is 23.7 Å². The van der Waals surface area contributed by atoms with Crippen LogP contribution in [0.2, 0.25) is 0 Å². The van der Waals surface area contributed by atoms with Gasteiger partial charge in [0.1, 0.15) is 5.69 Å². The zero-order valence-corrected chi connectivity index (χ0v) is 13.4. The van der Waals surface area contributed by atoms with Crippen LogP contribution < -0.4 is 5.32 Å². The first-order valence-corrected chi connectivity index (χ1v) is 8.23. The summed E-state index contributed by atoms with van der Waals surface area (Å²) in [6.45, 7) is 4.67. The predicted molar refractivity (Wildman–Crippen MR) is 83.6 cm³/mol. The Hall–Kier alpha value is -1.83. The van der Waals surface area contributed by atoms with Gasteiger partial charge in [-0.2, -0.15) is 13.2 Å². The van der Waals surface area contributed by atoms with Crippen LogP contribution in [0.15, 0.2) is 18.3 Å². The van der Waals surface area contributed by atoms with Crippen molar-refractivity contribution in [2.75, 3.05) is 38.0 Å². The molecule has 8 heteroatoms. The summed E-state index contributed by atoms with van der Waals surface area (Å²) < 4.78 is 37.4. The lowest BCUT2D eigenvalue weighted by atomic mass is 10.1. The first kappa shape index (κ1) is 17.0. The Morgan fingerprint density at radius 3 is 2.62 bits per heavy atom. The maximum absolute atomic E-state index is 12.5. The van der Waals surface area contributed by atoms with Gasteiger partial charge in [0.25, 0.3) is 0 Å². The molecule has 0 aromatic carbocycles. The topological polar surface area (TPSA) is 48.5 Å². The fourth-order valence-electron chi connectivity index (χ4n) is 3.33. The monoisotopic (exact) mass is 342 g/mol. The summed E-state index contributed by atoms with van der Waals surface area (Å²) in [5, 5.41) is 2.62. The number of carbonyl (C=O) groups is 1. The van der Waals surface area contributed by atoms with Crippen LogP contribution in [0.5, 0.6) is 0 Å². The summed E-state index contributed by atoms with van der Waals surface area (Å²) in [5.41, 5.74) is -0.691. The summed E-state index contributed by atoms with van der Waals surface area (Å²) in [6.07, 6.45) is 0.0314. The van der Waals surface area contributed by atoms with Gasteiger partial charge in [0.15, 0.2) is 0 Å². The quantitative estimate of drug-likeness (QED) is 0.918. The minimum atomic E-state index is -4.47. The van der Waals surface area contributed by atoms with E-state index in [1.807, 2.05) is 0 Å². The van der Waals surface area contributed by atoms with E-state index in [2.05, 4.69) is 15.2 Å². The molecule has 0 unspecified atom stereocenters. The van der Waals surface area contributed by atoms with E-state index in [9.17, 15) is 18.0 Å². The van der Waals surface area contributed by atoms with Crippen LogP contribution in [0.1, 0.15) is 25.0 Å². The molecule has 2 fully saturated rings. The molecule has 3 rings (SSSR count). The van der Waals surface area contributed by atoms with Gasteiger partial charge in [0.2, 0.25) is 0 Å². The minimum absolute atomic E-state index is 0.274. The van der Waals surface area contributed by atoms with Crippen LogP contribution >= 0.6 is 0 Å². The zero-order valence-electron chi connectivity index (χ0n) is 13.4. The van der Waals surface area contributed by atoms with Crippen LogP contribution in [-0.2, 0) is 6.18 Å². The molecule has 0 radical (unpaired) electrons. The first-order chi connectivity index (χ1) is 11.4. The molecule has 0 bridgehead atoms. The van der Waals surface area contributed by atoms with Gasteiger partial charge in [0, 0.05) is 19.6 Å². The van der Waals surface area contributed by atoms with E-state index >= 15 is 0 Å². The Kier molecular flexibility index (Phi) is 4.93. The zero-order chi connectivity index (χ0) is 17.2. The Balaban J connectivity index is 1.50. The van der Waals surface area contributed by atoms with Crippen LogP contribution in [0, 0.1) is 5.92 Å². The molecule has 2 aliphatic heterocycles. The van der Waals surface area contributed by atoms with Gasteiger partial charge in [0.05, 0.1) is 11.9 Å². The molecular weight excluding hydrogens is 321 g/mol. The second-order valence-electron chi connectivity index (χ2n) is 6.47. The van der Waals surface area contributed by atoms with Gasteiger partial charge in [-0.1, -0.05) is 0 Å². The number of alkyl halides is 3. The van der Waals surface area contributed by atoms with Gasteiger partial charge >= 0.3 is 12.2 Å². The lowest BCUT2D eigenvalue weighted by Crippen LogP contribution is -2.34. The predicted octanol–water partition coefficient (Wildman–Crippen LogP) is 3.05. The molecule has 1 atom stereocenters. The van der Waals surface area contributed by atoms with Gasteiger partial charge in [-0.3, -0.25) is 0 Å². The summed E-state index contributed by atoms with van der Waals surface area (Å²) in [4.78, 5) is 19.7. The summed E-state index contributed by atoms with van der Waals surface area (Å²) in [6, 6.07) is 1.82. The van der Waals surface area contributed by atoms with Gasteiger partial charge < -0.3 is 15.1 Å². The number of halogens is 3. The van der Waals surface area contributed by atoms with Crippen molar-refractivity contribution in [1.82, 2.24) is 14.8 Å². The highest BCUT2D eigenvalue weighted by molar-refractivity contribution is 5.89. The molecule has 24 heavy (non-hydrogen) atoms. The van der Waals surface area contributed by atoms with Crippen molar-refractivity contribution in [3.8, 4) is 0 Å². The molecule has 132 valence electrons. The van der Waals surface area contributed by atoms with Gasteiger partial charge in [-0.25, -0.2) is 9.78 Å². The molecule has 2 amide bonds. The minimum Gasteiger partial charge on any atom is -0.324 e. The highest BCUT2D eigenvalue weighted by Crippen LogP contribution is 2.28. The van der Waals surface area contributed by atoms with E-state index < -0.39 is 11.9 Å². The van der Waals surface area contributed by atoms with E-state index in [4.69, 9.17) is 0 Å². The van der Waals surface area contributed by atoms with E-state index in [-0.39, 0.29) is 11.7 Å². The number of likely N-dealkylation sites (tertiary alicyclic amines) is 2. The van der Waals surface area contributed by atoms with E-state index in [0.29, 0.717) is 19.0 Å². The van der Waals surface area contributed by atoms with Crippen molar-refractivity contribution < 1.29 is 18.0 Å². The normalized spacial score (nSPS) is 22.1. The number of hydrogen-bond donors (Lipinski definition) is 1. The summed E-state index contributed by atoms with van der Waals surface area (Å²) >= 11 is 0. The molecule has 0 aliphatic carbocycles. The third-order valence-electron chi connectivity index (χ3n) is 4.59. The Morgan fingerprint density at radius 1 is 1.25 bits per heavy atom. The molecule has 2 saturated heterocycles. The fraction of sp³-hybridized carbons (Fsp3) is 0.625. The van der Waals surface area contributed by atoms with Crippen LogP contribution in [0.3, 0.4) is 0 Å². The number of aromatic nitrogens is 1. The Bertz CT molecular complexity index is 570. The van der Waals surface area contributed by atoms with Gasteiger partial charge in [-0.15, -0.1) is 0 Å². The number of nitrogens with zero attached hydrogens (tertiary/aromatic N) is 3. The molecule has 0 spiro atoms. The third-order valence-corrected chi connectivity index (χ3v) is 4.59. The largest absolute Gasteiger partial charge is 0.433 e. The molecular formula is C16H21F3N4O. The molecule has 3 heterocycles. The second-order valence-corrected chi connectivity index (χ2v) is 6.47. The molecule has 1 aromatic rings. The number of anilines is 1. The number of hydrogen-bond acceptors (Lipinski definition) is 3. The lowest BCUT2D eigenvalue weighted by molar-refractivity contribution is -0.141. The lowest BCUT2D eigenvalue weighted by Gasteiger charge is -2.21. The maximum atomic E-state index is 12.5. The van der Waals surface area contributed by atoms with Crippen LogP contribution in [-0.4, -0.2) is 53.5 Å². The van der Waals surface area contributed by atoms with E-state index in [1.165, 1.54) is 18.9 Å². The molecule has 2 aliphatic rings. The van der Waals surface area contributed by atoms with Crippen molar-refractivity contribution in [2.24, 2.45) is 5.92 Å². The van der Waals surface area contributed by atoms with E-state index in [1.54, 1.807) is 4.90 Å². The number of pyridine rings is 1. The standard InChI is InChI=1S/C16H21F3N4O/c17-16(18,19)14-4-3-13(9-20-14)21-15(24)23-8-5-12(11-23)10-22-6-1-2-7-22/h3-4,9,12H,1-2,5-8,10-11H2,(H,21,24)/t12-/m1/s1. The Labute approximate surface area is 138 Å². The SMILES string of the molecule is O=C(Nc1ccc(C(F)(F)F)nc1)N1CC[C@H](CN2CCCC2)C1. The number of urea groups is 1. The van der Waals surface area contributed by atoms with Crippen molar-refractivity contribution in [3.63, 3.8) is 0 Å². The fourth-order valence-corrected chi connectivity index (χ4v) is 3.33. The van der Waals surface area contributed by atoms with Gasteiger partial charge in [-0.05, 0) is 50.4 Å². The second kappa shape index (κ2) is 6.96. The maximum Gasteiger partial charge on any atom is 0.433 e. The van der Waals surface area contributed by atoms with Crippen LogP contribution in [0.25, 0.3) is 0 Å².